The summed E-state index contributed by atoms with van der Waals surface area (Å²) >= 11 is 0. The van der Waals surface area contributed by atoms with Crippen molar-refractivity contribution in [1.29, 1.82) is 0 Å². The first-order valence-corrected chi connectivity index (χ1v) is 2.59. The number of ketones is 1. The zero-order valence-electron chi connectivity index (χ0n) is 4.79. The maximum Gasteiger partial charge on any atom is 0.176 e. The van der Waals surface area contributed by atoms with E-state index in [1.54, 1.807) is 4.90 Å². The number of aliphatic hydroxyl groups excluding tert-OH is 1. The Kier molecular flexibility index (Phi) is 1.31. The summed E-state index contributed by atoms with van der Waals surface area (Å²) < 4.78 is 0. The van der Waals surface area contributed by atoms with Crippen molar-refractivity contribution in [3.8, 4) is 0 Å². The molecule has 1 saturated heterocycles. The van der Waals surface area contributed by atoms with Crippen LogP contribution in [0.1, 0.15) is 0 Å². The van der Waals surface area contributed by atoms with Crippen LogP contribution in [0.25, 0.3) is 0 Å². The van der Waals surface area contributed by atoms with E-state index in [4.69, 9.17) is 5.11 Å². The lowest BCUT2D eigenvalue weighted by molar-refractivity contribution is -0.123. The molecule has 1 atom stereocenters. The fraction of sp³-hybridized carbons (Fsp3) is 0.800. The zero-order chi connectivity index (χ0) is 6.15. The van der Waals surface area contributed by atoms with Crippen molar-refractivity contribution in [2.75, 3.05) is 20.1 Å². The van der Waals surface area contributed by atoms with Crippen LogP contribution in [-0.4, -0.2) is 42.0 Å². The molecule has 0 aliphatic carbocycles. The molecule has 1 fully saturated rings. The number of rotatable bonds is 0. The Bertz CT molecular complexity index is 113. The lowest BCUT2D eigenvalue weighted by Crippen LogP contribution is -2.17. The van der Waals surface area contributed by atoms with Crippen LogP contribution in [0.15, 0.2) is 0 Å². The topological polar surface area (TPSA) is 40.5 Å². The van der Waals surface area contributed by atoms with Crippen LogP contribution in [-0.2, 0) is 4.79 Å². The molecule has 1 aliphatic rings. The molecule has 1 heterocycles. The third-order valence-electron chi connectivity index (χ3n) is 1.28. The van der Waals surface area contributed by atoms with Gasteiger partial charge in [0, 0.05) is 6.54 Å². The molecule has 0 aromatic heterocycles. The van der Waals surface area contributed by atoms with Crippen molar-refractivity contribution in [2.45, 2.75) is 6.10 Å². The summed E-state index contributed by atoms with van der Waals surface area (Å²) in [5.74, 6) is -0.0625. The number of carbonyl (C=O) groups is 1. The summed E-state index contributed by atoms with van der Waals surface area (Å²) in [5, 5.41) is 8.78. The van der Waals surface area contributed by atoms with Gasteiger partial charge in [-0.1, -0.05) is 0 Å². The Morgan fingerprint density at radius 2 is 2.50 bits per heavy atom. The van der Waals surface area contributed by atoms with E-state index < -0.39 is 6.10 Å². The third-order valence-corrected chi connectivity index (χ3v) is 1.28. The molecule has 0 unspecified atom stereocenters. The normalized spacial score (nSPS) is 31.8. The van der Waals surface area contributed by atoms with E-state index in [0.29, 0.717) is 13.1 Å². The summed E-state index contributed by atoms with van der Waals surface area (Å²) in [4.78, 5) is 12.3. The SMILES string of the molecule is CN1CC(=O)[C@@H](O)C1. The highest BCUT2D eigenvalue weighted by Gasteiger charge is 2.25. The zero-order valence-corrected chi connectivity index (χ0v) is 4.79. The number of β-amino-alcohol motifs (C(OH)–C–C–N with tert-alkyl or cyclic N) is 1. The molecule has 0 saturated carbocycles. The molecule has 0 bridgehead atoms. The third kappa shape index (κ3) is 0.877. The summed E-state index contributed by atoms with van der Waals surface area (Å²) in [5.41, 5.74) is 0. The molecule has 1 N–H and O–H groups in total. The number of aliphatic hydroxyl groups is 1. The molecule has 0 amide bonds. The van der Waals surface area contributed by atoms with E-state index in [-0.39, 0.29) is 5.78 Å². The molecule has 0 spiro atoms. The highest BCUT2D eigenvalue weighted by molar-refractivity contribution is 5.86. The average molecular weight is 115 g/mol. The molecule has 3 nitrogen and oxygen atoms in total. The van der Waals surface area contributed by atoms with Crippen LogP contribution in [0.5, 0.6) is 0 Å². The van der Waals surface area contributed by atoms with E-state index >= 15 is 0 Å². The van der Waals surface area contributed by atoms with Gasteiger partial charge in [0.2, 0.25) is 0 Å². The fourth-order valence-electron chi connectivity index (χ4n) is 0.833. The predicted octanol–water partition coefficient (Wildman–Crippen LogP) is -1.14. The van der Waals surface area contributed by atoms with Gasteiger partial charge in [0.15, 0.2) is 5.78 Å². The van der Waals surface area contributed by atoms with Crippen molar-refractivity contribution in [3.63, 3.8) is 0 Å². The maximum atomic E-state index is 10.5. The van der Waals surface area contributed by atoms with Gasteiger partial charge in [0.05, 0.1) is 6.54 Å². The van der Waals surface area contributed by atoms with Crippen molar-refractivity contribution in [1.82, 2.24) is 4.90 Å². The Balaban J connectivity index is 2.51. The van der Waals surface area contributed by atoms with Gasteiger partial charge in [-0.25, -0.2) is 0 Å². The molecule has 0 radical (unpaired) electrons. The molecule has 1 rings (SSSR count). The van der Waals surface area contributed by atoms with Crippen LogP contribution in [0.2, 0.25) is 0 Å². The number of nitrogens with zero attached hydrogens (tertiary/aromatic N) is 1. The Hall–Kier alpha value is -0.410. The molecule has 3 heteroatoms. The van der Waals surface area contributed by atoms with E-state index in [0.717, 1.165) is 0 Å². The Morgan fingerprint density at radius 1 is 1.88 bits per heavy atom. The lowest BCUT2D eigenvalue weighted by atomic mass is 10.3. The number of likely N-dealkylation sites (N-methyl/N-ethyl adjacent to an activating group) is 1. The van der Waals surface area contributed by atoms with Crippen molar-refractivity contribution in [3.05, 3.63) is 0 Å². The standard InChI is InChI=1S/C5H9NO2/c1-6-2-4(7)5(8)3-6/h4,7H,2-3H2,1H3/t4-/m0/s1. The van der Waals surface area contributed by atoms with Crippen LogP contribution in [0, 0.1) is 0 Å². The van der Waals surface area contributed by atoms with E-state index in [2.05, 4.69) is 0 Å². The van der Waals surface area contributed by atoms with Crippen molar-refractivity contribution < 1.29 is 9.90 Å². The second-order valence-electron chi connectivity index (χ2n) is 2.18. The molecule has 1 aliphatic heterocycles. The van der Waals surface area contributed by atoms with Crippen LogP contribution in [0.4, 0.5) is 0 Å². The van der Waals surface area contributed by atoms with Crippen LogP contribution >= 0.6 is 0 Å². The van der Waals surface area contributed by atoms with Gasteiger partial charge in [-0.05, 0) is 7.05 Å². The first-order chi connectivity index (χ1) is 3.70. The largest absolute Gasteiger partial charge is 0.384 e. The van der Waals surface area contributed by atoms with Crippen LogP contribution < -0.4 is 0 Å². The quantitative estimate of drug-likeness (QED) is 0.434. The van der Waals surface area contributed by atoms with Gasteiger partial charge in [-0.2, -0.15) is 0 Å². The summed E-state index contributed by atoms with van der Waals surface area (Å²) in [6.45, 7) is 0.903. The Morgan fingerprint density at radius 3 is 2.62 bits per heavy atom. The fourth-order valence-corrected chi connectivity index (χ4v) is 0.833. The average Bonchev–Trinajstić information content (AvgIpc) is 1.85. The van der Waals surface area contributed by atoms with E-state index in [1.165, 1.54) is 0 Å². The van der Waals surface area contributed by atoms with Crippen molar-refractivity contribution >= 4 is 5.78 Å². The minimum atomic E-state index is -0.722. The number of Topliss-reactive ketones (excluding diaryl/α,β-unsaturated/α-hetero) is 1. The number of hydrogen-bond acceptors (Lipinski definition) is 3. The maximum absolute atomic E-state index is 10.5. The van der Waals surface area contributed by atoms with E-state index in [1.807, 2.05) is 7.05 Å². The van der Waals surface area contributed by atoms with E-state index in [9.17, 15) is 4.79 Å². The highest BCUT2D eigenvalue weighted by atomic mass is 16.3. The summed E-state index contributed by atoms with van der Waals surface area (Å²) in [6.07, 6.45) is -0.722. The molecule has 46 valence electrons. The number of likely N-dealkylation sites (tertiary alicyclic amines) is 1. The van der Waals surface area contributed by atoms with Gasteiger partial charge in [0.1, 0.15) is 6.10 Å². The minimum absolute atomic E-state index is 0.0625. The van der Waals surface area contributed by atoms with Gasteiger partial charge in [-0.3, -0.25) is 9.69 Å². The first-order valence-electron chi connectivity index (χ1n) is 2.59. The number of hydrogen-bond donors (Lipinski definition) is 1. The molecule has 8 heavy (non-hydrogen) atoms. The molecule has 0 aromatic carbocycles. The van der Waals surface area contributed by atoms with Crippen LogP contribution in [0.3, 0.4) is 0 Å². The number of carbonyl (C=O) groups excluding carboxylic acids is 1. The van der Waals surface area contributed by atoms with Gasteiger partial charge in [-0.15, -0.1) is 0 Å². The monoisotopic (exact) mass is 115 g/mol. The van der Waals surface area contributed by atoms with Crippen molar-refractivity contribution in [2.24, 2.45) is 0 Å². The highest BCUT2D eigenvalue weighted by Crippen LogP contribution is 2.00. The lowest BCUT2D eigenvalue weighted by Gasteiger charge is -2.01. The minimum Gasteiger partial charge on any atom is -0.384 e. The molecular formula is C5H9NO2. The smallest absolute Gasteiger partial charge is 0.176 e. The summed E-state index contributed by atoms with van der Waals surface area (Å²) in [6, 6.07) is 0. The van der Waals surface area contributed by atoms with Gasteiger partial charge in [0.25, 0.3) is 0 Å². The second kappa shape index (κ2) is 1.84. The van der Waals surface area contributed by atoms with Gasteiger partial charge < -0.3 is 5.11 Å². The second-order valence-corrected chi connectivity index (χ2v) is 2.18. The Labute approximate surface area is 47.9 Å². The summed E-state index contributed by atoms with van der Waals surface area (Å²) in [7, 11) is 1.81. The predicted molar refractivity (Wildman–Crippen MR) is 28.5 cm³/mol. The van der Waals surface area contributed by atoms with Gasteiger partial charge >= 0.3 is 0 Å². The molecular weight excluding hydrogens is 106 g/mol. The molecule has 0 aromatic rings. The first kappa shape index (κ1) is 5.72.